The second kappa shape index (κ2) is 7.65. The van der Waals surface area contributed by atoms with Crippen LogP contribution in [0.3, 0.4) is 0 Å². The number of amides is 1. The summed E-state index contributed by atoms with van der Waals surface area (Å²) < 4.78 is 32.5. The lowest BCUT2D eigenvalue weighted by Crippen LogP contribution is -2.44. The molecule has 7 nitrogen and oxygen atoms in total. The molecular formula is C16H23NO6S. The fourth-order valence-electron chi connectivity index (χ4n) is 1.95. The first kappa shape index (κ1) is 20.0. The van der Waals surface area contributed by atoms with Crippen LogP contribution >= 0.6 is 0 Å². The van der Waals surface area contributed by atoms with Crippen molar-refractivity contribution in [3.8, 4) is 5.75 Å². The molecule has 1 rings (SSSR count). The van der Waals surface area contributed by atoms with Crippen molar-refractivity contribution in [3.05, 3.63) is 29.8 Å². The molecule has 0 radical (unpaired) electrons. The first-order chi connectivity index (χ1) is 10.9. The third kappa shape index (κ3) is 7.96. The van der Waals surface area contributed by atoms with Gasteiger partial charge >= 0.3 is 16.1 Å². The number of ether oxygens (including phenoxy) is 1. The van der Waals surface area contributed by atoms with Crippen LogP contribution in [0.4, 0.5) is 0 Å². The number of nitrogens with one attached hydrogen (secondary N) is 1. The lowest BCUT2D eigenvalue weighted by Gasteiger charge is -2.24. The number of carbonyl (C=O) groups is 2. The van der Waals surface area contributed by atoms with Crippen LogP contribution in [0.15, 0.2) is 24.3 Å². The van der Waals surface area contributed by atoms with Crippen molar-refractivity contribution < 1.29 is 26.9 Å². The van der Waals surface area contributed by atoms with Crippen molar-refractivity contribution in [1.82, 2.24) is 5.32 Å². The van der Waals surface area contributed by atoms with Gasteiger partial charge in [0.15, 0.2) is 0 Å². The van der Waals surface area contributed by atoms with Crippen LogP contribution in [-0.2, 0) is 30.9 Å². The van der Waals surface area contributed by atoms with Gasteiger partial charge in [-0.2, -0.15) is 8.42 Å². The Balaban J connectivity index is 2.96. The smallest absolute Gasteiger partial charge is 0.329 e. The van der Waals surface area contributed by atoms with Crippen molar-refractivity contribution in [3.63, 3.8) is 0 Å². The molecule has 1 aromatic carbocycles. The molecule has 0 fully saturated rings. The number of hydrogen-bond donors (Lipinski definition) is 1. The number of benzene rings is 1. The molecule has 0 heterocycles. The molecule has 1 amide bonds. The summed E-state index contributed by atoms with van der Waals surface area (Å²) in [4.78, 5) is 23.6. The lowest BCUT2D eigenvalue weighted by atomic mass is 10.1. The summed E-state index contributed by atoms with van der Waals surface area (Å²) in [7, 11) is -3.64. The predicted molar refractivity (Wildman–Crippen MR) is 89.1 cm³/mol. The van der Waals surface area contributed by atoms with Gasteiger partial charge in [0.05, 0.1) is 6.26 Å². The lowest BCUT2D eigenvalue weighted by molar-refractivity contribution is -0.158. The Kier molecular flexibility index (Phi) is 6.36. The largest absolute Gasteiger partial charge is 0.458 e. The SMILES string of the molecule is CC(=O)N[C@@H](Cc1cccc(OS(C)(=O)=O)c1)C(=O)OC(C)(C)C. The van der Waals surface area contributed by atoms with Gasteiger partial charge in [-0.1, -0.05) is 12.1 Å². The van der Waals surface area contributed by atoms with Crippen LogP contribution in [0.2, 0.25) is 0 Å². The normalized spacial score (nSPS) is 13.0. The van der Waals surface area contributed by atoms with E-state index < -0.39 is 27.7 Å². The summed E-state index contributed by atoms with van der Waals surface area (Å²) in [6.07, 6.45) is 1.09. The molecular weight excluding hydrogens is 334 g/mol. The highest BCUT2D eigenvalue weighted by Gasteiger charge is 2.26. The Morgan fingerprint density at radius 3 is 2.38 bits per heavy atom. The summed E-state index contributed by atoms with van der Waals surface area (Å²) >= 11 is 0. The molecule has 0 aliphatic carbocycles. The van der Waals surface area contributed by atoms with Gasteiger partial charge in [-0.05, 0) is 38.5 Å². The maximum Gasteiger partial charge on any atom is 0.329 e. The molecule has 1 aromatic rings. The van der Waals surface area contributed by atoms with Crippen LogP contribution in [0.5, 0.6) is 5.75 Å². The molecule has 0 aliphatic heterocycles. The van der Waals surface area contributed by atoms with E-state index in [1.807, 2.05) is 0 Å². The molecule has 1 N–H and O–H groups in total. The zero-order chi connectivity index (χ0) is 18.5. The van der Waals surface area contributed by atoms with Gasteiger partial charge in [-0.25, -0.2) is 4.79 Å². The zero-order valence-corrected chi connectivity index (χ0v) is 15.3. The van der Waals surface area contributed by atoms with Crippen LogP contribution < -0.4 is 9.50 Å². The van der Waals surface area contributed by atoms with E-state index in [0.717, 1.165) is 6.26 Å². The third-order valence-electron chi connectivity index (χ3n) is 2.65. The summed E-state index contributed by atoms with van der Waals surface area (Å²) in [5.41, 5.74) is -0.0598. The average molecular weight is 357 g/mol. The van der Waals surface area contributed by atoms with E-state index in [2.05, 4.69) is 5.32 Å². The van der Waals surface area contributed by atoms with E-state index in [4.69, 9.17) is 8.92 Å². The van der Waals surface area contributed by atoms with Gasteiger partial charge in [0.2, 0.25) is 5.91 Å². The number of carbonyl (C=O) groups excluding carboxylic acids is 2. The predicted octanol–water partition coefficient (Wildman–Crippen LogP) is 1.41. The Labute approximate surface area is 142 Å². The zero-order valence-electron chi connectivity index (χ0n) is 14.5. The van der Waals surface area contributed by atoms with Crippen molar-refractivity contribution in [2.24, 2.45) is 0 Å². The first-order valence-electron chi connectivity index (χ1n) is 7.34. The van der Waals surface area contributed by atoms with Gasteiger partial charge in [-0.3, -0.25) is 4.79 Å². The van der Waals surface area contributed by atoms with Crippen LogP contribution in [0.1, 0.15) is 33.3 Å². The molecule has 1 atom stereocenters. The van der Waals surface area contributed by atoms with Crippen molar-refractivity contribution in [2.45, 2.75) is 45.8 Å². The number of rotatable bonds is 6. The highest BCUT2D eigenvalue weighted by Crippen LogP contribution is 2.17. The van der Waals surface area contributed by atoms with Crippen molar-refractivity contribution in [2.75, 3.05) is 6.26 Å². The van der Waals surface area contributed by atoms with Crippen molar-refractivity contribution in [1.29, 1.82) is 0 Å². The molecule has 0 unspecified atom stereocenters. The van der Waals surface area contributed by atoms with E-state index in [0.29, 0.717) is 5.56 Å². The summed E-state index contributed by atoms with van der Waals surface area (Å²) in [5, 5.41) is 2.55. The maximum atomic E-state index is 12.2. The van der Waals surface area contributed by atoms with Gasteiger partial charge in [0, 0.05) is 13.3 Å². The van der Waals surface area contributed by atoms with Crippen LogP contribution in [-0.4, -0.2) is 38.2 Å². The topological polar surface area (TPSA) is 98.8 Å². The molecule has 0 saturated heterocycles. The molecule has 0 bridgehead atoms. The Morgan fingerprint density at radius 1 is 1.25 bits per heavy atom. The first-order valence-corrected chi connectivity index (χ1v) is 9.16. The molecule has 134 valence electrons. The average Bonchev–Trinajstić information content (AvgIpc) is 2.33. The number of hydrogen-bond acceptors (Lipinski definition) is 6. The highest BCUT2D eigenvalue weighted by atomic mass is 32.2. The van der Waals surface area contributed by atoms with E-state index in [-0.39, 0.29) is 18.1 Å². The number of esters is 1. The van der Waals surface area contributed by atoms with Gasteiger partial charge < -0.3 is 14.2 Å². The second-order valence-electron chi connectivity index (χ2n) is 6.43. The highest BCUT2D eigenvalue weighted by molar-refractivity contribution is 7.86. The third-order valence-corrected chi connectivity index (χ3v) is 3.15. The molecule has 0 aliphatic rings. The molecule has 0 aromatic heterocycles. The summed E-state index contributed by atoms with van der Waals surface area (Å²) in [5.74, 6) is -0.790. The Bertz CT molecular complexity index is 706. The summed E-state index contributed by atoms with van der Waals surface area (Å²) in [6.45, 7) is 6.50. The molecule has 0 saturated carbocycles. The second-order valence-corrected chi connectivity index (χ2v) is 8.00. The van der Waals surface area contributed by atoms with E-state index in [9.17, 15) is 18.0 Å². The maximum absolute atomic E-state index is 12.2. The Hall–Kier alpha value is -2.09. The van der Waals surface area contributed by atoms with Gasteiger partial charge in [-0.15, -0.1) is 0 Å². The summed E-state index contributed by atoms with van der Waals surface area (Å²) in [6, 6.07) is 5.42. The fraction of sp³-hybridized carbons (Fsp3) is 0.500. The van der Waals surface area contributed by atoms with Crippen molar-refractivity contribution >= 4 is 22.0 Å². The molecule has 0 spiro atoms. The Morgan fingerprint density at radius 2 is 1.88 bits per heavy atom. The van der Waals surface area contributed by atoms with Gasteiger partial charge in [0.1, 0.15) is 17.4 Å². The minimum Gasteiger partial charge on any atom is -0.458 e. The minimum absolute atomic E-state index is 0.140. The quantitative estimate of drug-likeness (QED) is 0.610. The van der Waals surface area contributed by atoms with E-state index >= 15 is 0 Å². The standard InChI is InChI=1S/C16H23NO6S/c1-11(18)17-14(15(19)22-16(2,3)4)10-12-7-6-8-13(9-12)23-24(5,20)21/h6-9,14H,10H2,1-5H3,(H,17,18)/t14-/m0/s1. The molecule has 8 heteroatoms. The van der Waals surface area contributed by atoms with Crippen LogP contribution in [0.25, 0.3) is 0 Å². The van der Waals surface area contributed by atoms with E-state index in [1.165, 1.54) is 19.1 Å². The minimum atomic E-state index is -3.64. The fourth-order valence-corrected chi connectivity index (χ4v) is 2.40. The van der Waals surface area contributed by atoms with Crippen LogP contribution in [0, 0.1) is 0 Å². The molecule has 24 heavy (non-hydrogen) atoms. The van der Waals surface area contributed by atoms with Gasteiger partial charge in [0.25, 0.3) is 0 Å². The van der Waals surface area contributed by atoms with E-state index in [1.54, 1.807) is 32.9 Å². The monoisotopic (exact) mass is 357 g/mol.